The molecule has 1 aromatic heterocycles. The summed E-state index contributed by atoms with van der Waals surface area (Å²) in [6.07, 6.45) is 2.73. The van der Waals surface area contributed by atoms with Crippen molar-refractivity contribution in [3.63, 3.8) is 0 Å². The van der Waals surface area contributed by atoms with Gasteiger partial charge in [-0.2, -0.15) is 17.0 Å². The SMILES string of the molecule is CNc1nccnc1[C@H]1CN(S(=O)(=O)N2CCOCC2)CCO1. The van der Waals surface area contributed by atoms with E-state index >= 15 is 0 Å². The largest absolute Gasteiger partial charge is 0.379 e. The molecule has 0 radical (unpaired) electrons. The van der Waals surface area contributed by atoms with Gasteiger partial charge >= 0.3 is 0 Å². The molecule has 0 aromatic carbocycles. The summed E-state index contributed by atoms with van der Waals surface area (Å²) in [4.78, 5) is 8.50. The fourth-order valence-electron chi connectivity index (χ4n) is 2.72. The second kappa shape index (κ2) is 7.05. The van der Waals surface area contributed by atoms with Crippen LogP contribution >= 0.6 is 0 Å². The van der Waals surface area contributed by atoms with Gasteiger partial charge in [0.25, 0.3) is 10.2 Å². The molecule has 23 heavy (non-hydrogen) atoms. The molecule has 1 atom stereocenters. The molecule has 2 saturated heterocycles. The maximum atomic E-state index is 12.8. The summed E-state index contributed by atoms with van der Waals surface area (Å²) in [5.74, 6) is 0.600. The van der Waals surface area contributed by atoms with Crippen LogP contribution in [-0.2, 0) is 19.7 Å². The van der Waals surface area contributed by atoms with Crippen LogP contribution in [-0.4, -0.2) is 80.0 Å². The highest BCUT2D eigenvalue weighted by molar-refractivity contribution is 7.86. The quantitative estimate of drug-likeness (QED) is 0.785. The molecule has 2 aliphatic rings. The van der Waals surface area contributed by atoms with Crippen LogP contribution in [0.4, 0.5) is 5.82 Å². The summed E-state index contributed by atoms with van der Waals surface area (Å²) in [7, 11) is -1.76. The zero-order valence-electron chi connectivity index (χ0n) is 13.0. The Hall–Kier alpha value is -1.33. The highest BCUT2D eigenvalue weighted by atomic mass is 32.2. The first-order valence-corrected chi connectivity index (χ1v) is 8.96. The molecule has 3 heterocycles. The summed E-state index contributed by atoms with van der Waals surface area (Å²) >= 11 is 0. The van der Waals surface area contributed by atoms with Crippen molar-refractivity contribution in [2.45, 2.75) is 6.10 Å². The van der Waals surface area contributed by atoms with Gasteiger partial charge in [-0.25, -0.2) is 4.98 Å². The van der Waals surface area contributed by atoms with Gasteiger partial charge < -0.3 is 14.8 Å². The van der Waals surface area contributed by atoms with Gasteiger partial charge in [-0.05, 0) is 0 Å². The maximum absolute atomic E-state index is 12.8. The molecule has 10 heteroatoms. The Morgan fingerprint density at radius 1 is 1.13 bits per heavy atom. The van der Waals surface area contributed by atoms with Gasteiger partial charge in [0.15, 0.2) is 0 Å². The van der Waals surface area contributed by atoms with E-state index in [1.807, 2.05) is 0 Å². The smallest absolute Gasteiger partial charge is 0.282 e. The highest BCUT2D eigenvalue weighted by Crippen LogP contribution is 2.27. The zero-order chi connectivity index (χ0) is 16.3. The van der Waals surface area contributed by atoms with Crippen LogP contribution < -0.4 is 5.32 Å². The molecule has 2 fully saturated rings. The average molecular weight is 343 g/mol. The van der Waals surface area contributed by atoms with Crippen molar-refractivity contribution in [3.8, 4) is 0 Å². The van der Waals surface area contributed by atoms with Crippen LogP contribution in [0.3, 0.4) is 0 Å². The molecule has 1 aromatic rings. The van der Waals surface area contributed by atoms with Gasteiger partial charge in [-0.1, -0.05) is 0 Å². The third-order valence-corrected chi connectivity index (χ3v) is 5.92. The van der Waals surface area contributed by atoms with Crippen molar-refractivity contribution < 1.29 is 17.9 Å². The molecule has 0 unspecified atom stereocenters. The first kappa shape index (κ1) is 16.5. The molecule has 0 bridgehead atoms. The lowest BCUT2D eigenvalue weighted by Crippen LogP contribution is -2.52. The summed E-state index contributed by atoms with van der Waals surface area (Å²) in [5.41, 5.74) is 0.622. The van der Waals surface area contributed by atoms with Crippen LogP contribution in [0.15, 0.2) is 12.4 Å². The predicted molar refractivity (Wildman–Crippen MR) is 83.2 cm³/mol. The minimum atomic E-state index is -3.51. The van der Waals surface area contributed by atoms with Crippen LogP contribution in [0.2, 0.25) is 0 Å². The molecule has 0 spiro atoms. The van der Waals surface area contributed by atoms with Crippen molar-refractivity contribution in [1.82, 2.24) is 18.6 Å². The number of morpholine rings is 2. The standard InChI is InChI=1S/C13H21N5O4S/c1-14-13-12(15-2-3-16-13)11-10-18(6-9-22-11)23(19,20)17-4-7-21-8-5-17/h2-3,11H,4-10H2,1H3,(H,14,16)/t11-/m1/s1. The second-order valence-electron chi connectivity index (χ2n) is 5.28. The number of anilines is 1. The van der Waals surface area contributed by atoms with E-state index in [0.717, 1.165) is 0 Å². The molecular weight excluding hydrogens is 322 g/mol. The number of ether oxygens (including phenoxy) is 2. The van der Waals surface area contributed by atoms with Crippen molar-refractivity contribution in [3.05, 3.63) is 18.1 Å². The highest BCUT2D eigenvalue weighted by Gasteiger charge is 2.36. The molecule has 2 aliphatic heterocycles. The lowest BCUT2D eigenvalue weighted by molar-refractivity contribution is -0.00820. The molecule has 3 rings (SSSR count). The molecule has 1 N–H and O–H groups in total. The van der Waals surface area contributed by atoms with Gasteiger partial charge in [-0.15, -0.1) is 0 Å². The third kappa shape index (κ3) is 3.45. The second-order valence-corrected chi connectivity index (χ2v) is 7.21. The van der Waals surface area contributed by atoms with E-state index in [9.17, 15) is 8.42 Å². The Kier molecular flexibility index (Phi) is 5.07. The number of nitrogens with zero attached hydrogens (tertiary/aromatic N) is 4. The molecule has 0 saturated carbocycles. The van der Waals surface area contributed by atoms with Crippen molar-refractivity contribution in [2.24, 2.45) is 0 Å². The van der Waals surface area contributed by atoms with Crippen molar-refractivity contribution in [2.75, 3.05) is 58.4 Å². The number of hydrogen-bond acceptors (Lipinski definition) is 7. The summed E-state index contributed by atoms with van der Waals surface area (Å²) in [6, 6.07) is 0. The zero-order valence-corrected chi connectivity index (χ0v) is 13.8. The van der Waals surface area contributed by atoms with Crippen LogP contribution in [0.5, 0.6) is 0 Å². The topological polar surface area (TPSA) is 96.9 Å². The average Bonchev–Trinajstić information content (AvgIpc) is 2.62. The fraction of sp³-hybridized carbons (Fsp3) is 0.692. The number of aromatic nitrogens is 2. The Morgan fingerprint density at radius 2 is 1.83 bits per heavy atom. The van der Waals surface area contributed by atoms with E-state index in [2.05, 4.69) is 15.3 Å². The normalized spacial score (nSPS) is 24.5. The van der Waals surface area contributed by atoms with E-state index in [1.54, 1.807) is 19.4 Å². The van der Waals surface area contributed by atoms with E-state index in [-0.39, 0.29) is 6.54 Å². The van der Waals surface area contributed by atoms with E-state index in [4.69, 9.17) is 9.47 Å². The Labute approximate surface area is 135 Å². The predicted octanol–water partition coefficient (Wildman–Crippen LogP) is -0.531. The summed E-state index contributed by atoms with van der Waals surface area (Å²) in [5, 5.41) is 2.96. The monoisotopic (exact) mass is 343 g/mol. The first-order valence-electron chi connectivity index (χ1n) is 7.56. The van der Waals surface area contributed by atoms with Gasteiger partial charge in [0.05, 0.1) is 19.8 Å². The minimum absolute atomic E-state index is 0.229. The Morgan fingerprint density at radius 3 is 2.57 bits per heavy atom. The Bertz CT molecular complexity index is 635. The molecule has 128 valence electrons. The van der Waals surface area contributed by atoms with Crippen molar-refractivity contribution in [1.29, 1.82) is 0 Å². The lowest BCUT2D eigenvalue weighted by Gasteiger charge is -2.36. The number of hydrogen-bond donors (Lipinski definition) is 1. The van der Waals surface area contributed by atoms with Crippen molar-refractivity contribution >= 4 is 16.0 Å². The van der Waals surface area contributed by atoms with Gasteiger partial charge in [0, 0.05) is 45.6 Å². The van der Waals surface area contributed by atoms with Gasteiger partial charge in [0.2, 0.25) is 0 Å². The summed E-state index contributed by atoms with van der Waals surface area (Å²) in [6.45, 7) is 2.53. The Balaban J connectivity index is 1.77. The third-order valence-electron chi connectivity index (χ3n) is 3.92. The van der Waals surface area contributed by atoms with Crippen LogP contribution in [0, 0.1) is 0 Å². The van der Waals surface area contributed by atoms with Crippen LogP contribution in [0.25, 0.3) is 0 Å². The fourth-order valence-corrected chi connectivity index (χ4v) is 4.28. The molecule has 0 amide bonds. The van der Waals surface area contributed by atoms with Gasteiger partial charge in [-0.3, -0.25) is 4.98 Å². The minimum Gasteiger partial charge on any atom is -0.379 e. The maximum Gasteiger partial charge on any atom is 0.282 e. The first-order chi connectivity index (χ1) is 11.1. The van der Waals surface area contributed by atoms with E-state index in [1.165, 1.54) is 8.61 Å². The summed E-state index contributed by atoms with van der Waals surface area (Å²) < 4.78 is 39.4. The van der Waals surface area contributed by atoms with E-state index in [0.29, 0.717) is 51.0 Å². The van der Waals surface area contributed by atoms with Gasteiger partial charge in [0.1, 0.15) is 17.6 Å². The van der Waals surface area contributed by atoms with Crippen LogP contribution in [0.1, 0.15) is 11.8 Å². The lowest BCUT2D eigenvalue weighted by atomic mass is 10.2. The number of rotatable bonds is 4. The molecular formula is C13H21N5O4S. The molecule has 9 nitrogen and oxygen atoms in total. The number of nitrogens with one attached hydrogen (secondary N) is 1. The molecule has 0 aliphatic carbocycles. The van der Waals surface area contributed by atoms with E-state index < -0.39 is 16.3 Å².